The molecule has 1 atom stereocenters. The van der Waals surface area contributed by atoms with E-state index in [1.807, 2.05) is 42.5 Å². The van der Waals surface area contributed by atoms with Gasteiger partial charge in [0, 0.05) is 11.4 Å². The molecule has 3 aromatic rings. The van der Waals surface area contributed by atoms with Gasteiger partial charge in [0.15, 0.2) is 16.4 Å². The molecular formula is C21H21NO5S. The summed E-state index contributed by atoms with van der Waals surface area (Å²) in [4.78, 5) is 14.5. The summed E-state index contributed by atoms with van der Waals surface area (Å²) < 4.78 is 35.0. The number of hydrogen-bond acceptors (Lipinski definition) is 5. The number of amides is 1. The summed E-state index contributed by atoms with van der Waals surface area (Å²) in [6, 6.07) is 16.6. The van der Waals surface area contributed by atoms with Gasteiger partial charge in [-0.05, 0) is 30.0 Å². The van der Waals surface area contributed by atoms with Gasteiger partial charge in [-0.2, -0.15) is 0 Å². The first-order chi connectivity index (χ1) is 13.5. The third-order valence-corrected chi connectivity index (χ3v) is 6.73. The normalized spacial score (nSPS) is 18.2. The molecule has 1 aliphatic rings. The lowest BCUT2D eigenvalue weighted by Gasteiger charge is -2.27. The van der Waals surface area contributed by atoms with Crippen LogP contribution in [0.3, 0.4) is 0 Å². The predicted molar refractivity (Wildman–Crippen MR) is 106 cm³/mol. The van der Waals surface area contributed by atoms with Crippen LogP contribution in [-0.4, -0.2) is 43.4 Å². The zero-order valence-corrected chi connectivity index (χ0v) is 16.1. The number of fused-ring (bicyclic) bond motifs is 1. The highest BCUT2D eigenvalue weighted by Gasteiger charge is 2.35. The molecule has 0 spiro atoms. The van der Waals surface area contributed by atoms with E-state index in [4.69, 9.17) is 9.15 Å². The average Bonchev–Trinajstić information content (AvgIpc) is 3.33. The third-order valence-electron chi connectivity index (χ3n) is 4.98. The Morgan fingerprint density at radius 2 is 1.93 bits per heavy atom. The van der Waals surface area contributed by atoms with Gasteiger partial charge < -0.3 is 14.1 Å². The van der Waals surface area contributed by atoms with Crippen LogP contribution in [-0.2, 0) is 21.2 Å². The largest absolute Gasteiger partial charge is 0.483 e. The molecule has 28 heavy (non-hydrogen) atoms. The second-order valence-electron chi connectivity index (χ2n) is 6.92. The van der Waals surface area contributed by atoms with Gasteiger partial charge in [-0.1, -0.05) is 36.4 Å². The Balaban J connectivity index is 1.52. The molecule has 0 N–H and O–H groups in total. The number of nitrogens with zero attached hydrogens (tertiary/aromatic N) is 1. The summed E-state index contributed by atoms with van der Waals surface area (Å²) in [7, 11) is -3.11. The van der Waals surface area contributed by atoms with Crippen molar-refractivity contribution in [3.63, 3.8) is 0 Å². The van der Waals surface area contributed by atoms with Crippen LogP contribution in [0.25, 0.3) is 10.8 Å². The molecule has 4 rings (SSSR count). The summed E-state index contributed by atoms with van der Waals surface area (Å²) >= 11 is 0. The maximum Gasteiger partial charge on any atom is 0.261 e. The molecule has 0 bridgehead atoms. The zero-order valence-electron chi connectivity index (χ0n) is 15.3. The molecule has 146 valence electrons. The van der Waals surface area contributed by atoms with E-state index in [1.165, 1.54) is 6.26 Å². The van der Waals surface area contributed by atoms with Crippen molar-refractivity contribution in [2.24, 2.45) is 0 Å². The molecule has 1 fully saturated rings. The number of rotatable bonds is 6. The second kappa shape index (κ2) is 7.67. The summed E-state index contributed by atoms with van der Waals surface area (Å²) in [6.45, 7) is 0.0657. The minimum absolute atomic E-state index is 0.0201. The predicted octanol–water partition coefficient (Wildman–Crippen LogP) is 3.03. The Bertz CT molecular complexity index is 1070. The molecular weight excluding hydrogens is 378 g/mol. The standard InChI is InChI=1S/C21H21NO5S/c23-21(14-27-20-9-3-6-16-5-1-2-8-19(16)20)22(13-18-7-4-11-26-18)17-10-12-28(24,25)15-17/h1-9,11,17H,10,12-15H2/t17-/m1/s1. The lowest BCUT2D eigenvalue weighted by molar-refractivity contribution is -0.136. The molecule has 1 saturated heterocycles. The zero-order chi connectivity index (χ0) is 19.6. The first-order valence-corrected chi connectivity index (χ1v) is 11.0. The SMILES string of the molecule is O=C(COc1cccc2ccccc12)N(Cc1ccco1)[C@@H]1CCS(=O)(=O)C1. The monoisotopic (exact) mass is 399 g/mol. The molecule has 1 aromatic heterocycles. The van der Waals surface area contributed by atoms with Gasteiger partial charge in [-0.3, -0.25) is 4.79 Å². The Labute approximate surface area is 163 Å². The average molecular weight is 399 g/mol. The van der Waals surface area contributed by atoms with Crippen molar-refractivity contribution in [2.45, 2.75) is 19.0 Å². The van der Waals surface area contributed by atoms with E-state index in [1.54, 1.807) is 17.0 Å². The van der Waals surface area contributed by atoms with Crippen molar-refractivity contribution in [2.75, 3.05) is 18.1 Å². The van der Waals surface area contributed by atoms with Crippen LogP contribution in [0.4, 0.5) is 0 Å². The summed E-state index contributed by atoms with van der Waals surface area (Å²) in [5, 5.41) is 1.96. The second-order valence-corrected chi connectivity index (χ2v) is 9.15. The highest BCUT2D eigenvalue weighted by molar-refractivity contribution is 7.91. The Morgan fingerprint density at radius 1 is 1.11 bits per heavy atom. The lowest BCUT2D eigenvalue weighted by atomic mass is 10.1. The maximum absolute atomic E-state index is 12.9. The highest BCUT2D eigenvalue weighted by Crippen LogP contribution is 2.26. The van der Waals surface area contributed by atoms with Crippen LogP contribution in [0.1, 0.15) is 12.2 Å². The number of furan rings is 1. The number of sulfone groups is 1. The van der Waals surface area contributed by atoms with Crippen LogP contribution in [0.15, 0.2) is 65.3 Å². The van der Waals surface area contributed by atoms with Crippen LogP contribution in [0.5, 0.6) is 5.75 Å². The fraction of sp³-hybridized carbons (Fsp3) is 0.286. The van der Waals surface area contributed by atoms with Crippen molar-refractivity contribution in [1.29, 1.82) is 0 Å². The minimum atomic E-state index is -3.11. The van der Waals surface area contributed by atoms with E-state index in [-0.39, 0.29) is 36.6 Å². The first kappa shape index (κ1) is 18.6. The molecule has 2 aromatic carbocycles. The Hall–Kier alpha value is -2.80. The summed E-state index contributed by atoms with van der Waals surface area (Å²) in [5.74, 6) is 1.06. The van der Waals surface area contributed by atoms with Crippen LogP contribution in [0, 0.1) is 0 Å². The molecule has 1 aliphatic heterocycles. The number of ether oxygens (including phenoxy) is 1. The molecule has 0 unspecified atom stereocenters. The van der Waals surface area contributed by atoms with E-state index in [9.17, 15) is 13.2 Å². The molecule has 1 amide bonds. The lowest BCUT2D eigenvalue weighted by Crippen LogP contribution is -2.43. The van der Waals surface area contributed by atoms with Crippen molar-refractivity contribution < 1.29 is 22.4 Å². The fourth-order valence-electron chi connectivity index (χ4n) is 3.56. The minimum Gasteiger partial charge on any atom is -0.483 e. The molecule has 0 aliphatic carbocycles. The number of carbonyl (C=O) groups is 1. The van der Waals surface area contributed by atoms with Crippen LogP contribution >= 0.6 is 0 Å². The first-order valence-electron chi connectivity index (χ1n) is 9.15. The maximum atomic E-state index is 12.9. The van der Waals surface area contributed by atoms with Gasteiger partial charge in [-0.25, -0.2) is 8.42 Å². The molecule has 0 saturated carbocycles. The number of hydrogen-bond donors (Lipinski definition) is 0. The van der Waals surface area contributed by atoms with Gasteiger partial charge in [0.1, 0.15) is 11.5 Å². The molecule has 2 heterocycles. The topological polar surface area (TPSA) is 76.8 Å². The van der Waals surface area contributed by atoms with E-state index in [0.29, 0.717) is 17.9 Å². The van der Waals surface area contributed by atoms with Gasteiger partial charge in [0.25, 0.3) is 5.91 Å². The van der Waals surface area contributed by atoms with Crippen molar-refractivity contribution in [3.05, 3.63) is 66.6 Å². The van der Waals surface area contributed by atoms with E-state index >= 15 is 0 Å². The Morgan fingerprint density at radius 3 is 2.68 bits per heavy atom. The van der Waals surface area contributed by atoms with E-state index in [0.717, 1.165) is 10.8 Å². The quantitative estimate of drug-likeness (QED) is 0.637. The Kier molecular flexibility index (Phi) is 5.09. The molecule has 0 radical (unpaired) electrons. The van der Waals surface area contributed by atoms with Crippen LogP contribution in [0.2, 0.25) is 0 Å². The molecule has 6 nitrogen and oxygen atoms in total. The summed E-state index contributed by atoms with van der Waals surface area (Å²) in [5.41, 5.74) is 0. The number of carbonyl (C=O) groups excluding carboxylic acids is 1. The van der Waals surface area contributed by atoms with Crippen molar-refractivity contribution in [3.8, 4) is 5.75 Å². The smallest absolute Gasteiger partial charge is 0.261 e. The summed E-state index contributed by atoms with van der Waals surface area (Å²) in [6.07, 6.45) is 1.97. The van der Waals surface area contributed by atoms with E-state index in [2.05, 4.69) is 0 Å². The fourth-order valence-corrected chi connectivity index (χ4v) is 5.29. The van der Waals surface area contributed by atoms with Crippen molar-refractivity contribution >= 4 is 26.5 Å². The van der Waals surface area contributed by atoms with Gasteiger partial charge >= 0.3 is 0 Å². The highest BCUT2D eigenvalue weighted by atomic mass is 32.2. The van der Waals surface area contributed by atoms with E-state index < -0.39 is 9.84 Å². The molecule has 7 heteroatoms. The number of benzene rings is 2. The van der Waals surface area contributed by atoms with Gasteiger partial charge in [0.2, 0.25) is 0 Å². The third kappa shape index (κ3) is 4.04. The van der Waals surface area contributed by atoms with Crippen LogP contribution < -0.4 is 4.74 Å². The van der Waals surface area contributed by atoms with Gasteiger partial charge in [0.05, 0.1) is 24.3 Å². The van der Waals surface area contributed by atoms with Crippen molar-refractivity contribution in [1.82, 2.24) is 4.90 Å². The van der Waals surface area contributed by atoms with Gasteiger partial charge in [-0.15, -0.1) is 0 Å².